The lowest BCUT2D eigenvalue weighted by atomic mass is 9.89. The van der Waals surface area contributed by atoms with E-state index in [1.54, 1.807) is 18.0 Å². The molecule has 1 saturated heterocycles. The van der Waals surface area contributed by atoms with Crippen LogP contribution in [-0.2, 0) is 0 Å². The summed E-state index contributed by atoms with van der Waals surface area (Å²) in [6.45, 7) is 0.915. The molecule has 1 aliphatic rings. The Labute approximate surface area is 186 Å². The summed E-state index contributed by atoms with van der Waals surface area (Å²) in [4.78, 5) is 33.9. The highest BCUT2D eigenvalue weighted by Gasteiger charge is 2.32. The predicted molar refractivity (Wildman–Crippen MR) is 115 cm³/mol. The van der Waals surface area contributed by atoms with E-state index >= 15 is 0 Å². The zero-order valence-corrected chi connectivity index (χ0v) is 17.7. The minimum absolute atomic E-state index is 0.0756. The van der Waals surface area contributed by atoms with E-state index in [2.05, 4.69) is 20.0 Å². The van der Waals surface area contributed by atoms with E-state index in [0.29, 0.717) is 37.1 Å². The predicted octanol–water partition coefficient (Wildman–Crippen LogP) is 3.42. The summed E-state index contributed by atoms with van der Waals surface area (Å²) >= 11 is 0. The van der Waals surface area contributed by atoms with Crippen molar-refractivity contribution in [2.24, 2.45) is 0 Å². The molecule has 3 heterocycles. The molecule has 1 fully saturated rings. The third kappa shape index (κ3) is 4.71. The largest absolute Gasteiger partial charge is 0.573 e. The van der Waals surface area contributed by atoms with Gasteiger partial charge in [0.25, 0.3) is 11.8 Å². The highest BCUT2D eigenvalue weighted by Crippen LogP contribution is 2.34. The van der Waals surface area contributed by atoms with Gasteiger partial charge in [-0.05, 0) is 42.5 Å². The molecule has 0 unspecified atom stereocenters. The number of hydrogen-bond donors (Lipinski definition) is 3. The van der Waals surface area contributed by atoms with Crippen molar-refractivity contribution >= 4 is 28.5 Å². The van der Waals surface area contributed by atoms with Crippen LogP contribution < -0.4 is 15.8 Å². The summed E-state index contributed by atoms with van der Waals surface area (Å²) < 4.78 is 41.0. The SMILES string of the molecule is CNC(=O)c1cnc2[nH]cc(C3CCN(C(=O)c4ccc(OC(F)(F)F)cc4N)CC3)c2c1. The second kappa shape index (κ2) is 8.64. The molecule has 0 aliphatic carbocycles. The summed E-state index contributed by atoms with van der Waals surface area (Å²) in [5.41, 5.74) is 8.07. The van der Waals surface area contributed by atoms with Crippen LogP contribution in [0.15, 0.2) is 36.7 Å². The molecule has 0 bridgehead atoms. The molecule has 0 atom stereocenters. The van der Waals surface area contributed by atoms with Crippen LogP contribution in [0.2, 0.25) is 0 Å². The molecule has 2 aromatic heterocycles. The molecule has 0 saturated carbocycles. The van der Waals surface area contributed by atoms with Gasteiger partial charge in [0, 0.05) is 49.7 Å². The van der Waals surface area contributed by atoms with Crippen molar-refractivity contribution in [2.45, 2.75) is 25.1 Å². The number of nitrogens with zero attached hydrogens (tertiary/aromatic N) is 2. The molecule has 1 aromatic carbocycles. The highest BCUT2D eigenvalue weighted by atomic mass is 19.4. The number of nitrogen functional groups attached to an aromatic ring is 1. The summed E-state index contributed by atoms with van der Waals surface area (Å²) in [5, 5.41) is 3.45. The number of piperidine rings is 1. The monoisotopic (exact) mass is 461 g/mol. The number of amides is 2. The number of nitrogens with one attached hydrogen (secondary N) is 2. The molecular formula is C22H22F3N5O3. The molecule has 33 heavy (non-hydrogen) atoms. The molecule has 2 amide bonds. The minimum Gasteiger partial charge on any atom is -0.406 e. The highest BCUT2D eigenvalue weighted by molar-refractivity contribution is 5.99. The van der Waals surface area contributed by atoms with E-state index in [-0.39, 0.29) is 29.0 Å². The molecule has 0 radical (unpaired) electrons. The molecule has 3 aromatic rings. The fourth-order valence-electron chi connectivity index (χ4n) is 4.13. The fraction of sp³-hybridized carbons (Fsp3) is 0.318. The minimum atomic E-state index is -4.83. The first kappa shape index (κ1) is 22.4. The summed E-state index contributed by atoms with van der Waals surface area (Å²) in [5.74, 6) is -0.878. The molecule has 8 nitrogen and oxygen atoms in total. The van der Waals surface area contributed by atoms with Gasteiger partial charge in [-0.25, -0.2) is 4.98 Å². The van der Waals surface area contributed by atoms with Gasteiger partial charge in [-0.1, -0.05) is 0 Å². The number of fused-ring (bicyclic) bond motifs is 1. The van der Waals surface area contributed by atoms with Crippen LogP contribution in [0.5, 0.6) is 5.75 Å². The van der Waals surface area contributed by atoms with E-state index in [1.807, 2.05) is 6.20 Å². The Hall–Kier alpha value is -3.76. The second-order valence-corrected chi connectivity index (χ2v) is 7.81. The van der Waals surface area contributed by atoms with E-state index < -0.39 is 12.1 Å². The number of carbonyl (C=O) groups excluding carboxylic acids is 2. The number of likely N-dealkylation sites (tertiary alicyclic amines) is 1. The Morgan fingerprint density at radius 2 is 1.97 bits per heavy atom. The van der Waals surface area contributed by atoms with Crippen molar-refractivity contribution in [1.29, 1.82) is 0 Å². The van der Waals surface area contributed by atoms with Crippen LogP contribution in [0.3, 0.4) is 0 Å². The Morgan fingerprint density at radius 1 is 1.24 bits per heavy atom. The number of rotatable bonds is 4. The van der Waals surface area contributed by atoms with E-state index in [4.69, 9.17) is 5.73 Å². The number of pyridine rings is 1. The number of halogens is 3. The molecule has 1 aliphatic heterocycles. The average molecular weight is 461 g/mol. The van der Waals surface area contributed by atoms with Crippen LogP contribution in [0, 0.1) is 0 Å². The third-order valence-electron chi connectivity index (χ3n) is 5.76. The standard InChI is InChI=1S/C22H22F3N5O3/c1-27-20(31)13-8-16-17(11-29-19(16)28-10-13)12-4-6-30(7-5-12)21(32)15-3-2-14(9-18(15)26)33-22(23,24)25/h2-3,8-12H,4-7,26H2,1H3,(H,27,31)(H,28,29). The van der Waals surface area contributed by atoms with Gasteiger partial charge >= 0.3 is 6.36 Å². The van der Waals surface area contributed by atoms with Crippen LogP contribution in [-0.4, -0.2) is 53.2 Å². The number of aromatic amines is 1. The van der Waals surface area contributed by atoms with Crippen molar-refractivity contribution in [2.75, 3.05) is 25.9 Å². The topological polar surface area (TPSA) is 113 Å². The van der Waals surface area contributed by atoms with E-state index in [9.17, 15) is 22.8 Å². The zero-order chi connectivity index (χ0) is 23.8. The first-order valence-corrected chi connectivity index (χ1v) is 10.3. The fourth-order valence-corrected chi connectivity index (χ4v) is 4.13. The van der Waals surface area contributed by atoms with E-state index in [0.717, 1.165) is 23.1 Å². The number of carbonyl (C=O) groups is 2. The van der Waals surface area contributed by atoms with Crippen molar-refractivity contribution in [3.05, 3.63) is 53.3 Å². The number of ether oxygens (including phenoxy) is 1. The van der Waals surface area contributed by atoms with Gasteiger partial charge in [0.15, 0.2) is 0 Å². The van der Waals surface area contributed by atoms with Crippen LogP contribution in [0.4, 0.5) is 18.9 Å². The maximum Gasteiger partial charge on any atom is 0.573 e. The molecule has 4 rings (SSSR count). The van der Waals surface area contributed by atoms with Gasteiger partial charge in [0.2, 0.25) is 0 Å². The Balaban J connectivity index is 1.46. The lowest BCUT2D eigenvalue weighted by molar-refractivity contribution is -0.274. The average Bonchev–Trinajstić information content (AvgIpc) is 3.20. The Bertz CT molecular complexity index is 1200. The number of hydrogen-bond acceptors (Lipinski definition) is 5. The number of nitrogens with two attached hydrogens (primary N) is 1. The second-order valence-electron chi connectivity index (χ2n) is 7.81. The number of benzene rings is 1. The normalized spacial score (nSPS) is 15.0. The molecule has 11 heteroatoms. The molecular weight excluding hydrogens is 439 g/mol. The van der Waals surface area contributed by atoms with Gasteiger partial charge in [0.05, 0.1) is 11.1 Å². The smallest absolute Gasteiger partial charge is 0.406 e. The van der Waals surface area contributed by atoms with Crippen molar-refractivity contribution < 1.29 is 27.5 Å². The number of H-pyrrole nitrogens is 1. The first-order valence-electron chi connectivity index (χ1n) is 10.3. The van der Waals surface area contributed by atoms with Gasteiger partial charge in [-0.3, -0.25) is 9.59 Å². The van der Waals surface area contributed by atoms with Gasteiger partial charge in [-0.15, -0.1) is 13.2 Å². The Kier molecular flexibility index (Phi) is 5.88. The number of aromatic nitrogens is 2. The third-order valence-corrected chi connectivity index (χ3v) is 5.76. The molecule has 0 spiro atoms. The van der Waals surface area contributed by atoms with Crippen LogP contribution >= 0.6 is 0 Å². The van der Waals surface area contributed by atoms with Crippen molar-refractivity contribution in [3.63, 3.8) is 0 Å². The number of alkyl halides is 3. The Morgan fingerprint density at radius 3 is 2.61 bits per heavy atom. The van der Waals surface area contributed by atoms with Gasteiger partial charge < -0.3 is 25.7 Å². The summed E-state index contributed by atoms with van der Waals surface area (Å²) in [6, 6.07) is 5.12. The molecule has 4 N–H and O–H groups in total. The maximum atomic E-state index is 12.9. The van der Waals surface area contributed by atoms with E-state index in [1.165, 1.54) is 12.3 Å². The zero-order valence-electron chi connectivity index (χ0n) is 17.7. The van der Waals surface area contributed by atoms with Crippen molar-refractivity contribution in [3.8, 4) is 5.75 Å². The lowest BCUT2D eigenvalue weighted by Crippen LogP contribution is -2.38. The maximum absolute atomic E-state index is 12.9. The lowest BCUT2D eigenvalue weighted by Gasteiger charge is -2.32. The van der Waals surface area contributed by atoms with Crippen molar-refractivity contribution in [1.82, 2.24) is 20.2 Å². The van der Waals surface area contributed by atoms with Crippen LogP contribution in [0.1, 0.15) is 45.0 Å². The van der Waals surface area contributed by atoms with Gasteiger partial charge in [-0.2, -0.15) is 0 Å². The number of anilines is 1. The summed E-state index contributed by atoms with van der Waals surface area (Å²) in [7, 11) is 1.56. The summed E-state index contributed by atoms with van der Waals surface area (Å²) in [6.07, 6.45) is -0.0854. The molecule has 174 valence electrons. The quantitative estimate of drug-likeness (QED) is 0.516. The van der Waals surface area contributed by atoms with Gasteiger partial charge in [0.1, 0.15) is 11.4 Å². The van der Waals surface area contributed by atoms with Crippen LogP contribution in [0.25, 0.3) is 11.0 Å². The first-order chi connectivity index (χ1) is 15.7.